The topological polar surface area (TPSA) is 64.6 Å². The Kier molecular flexibility index (Phi) is 8.05. The molecule has 3 N–H and O–H groups in total. The fraction of sp³-hybridized carbons (Fsp3) is 0.632. The third-order valence-electron chi connectivity index (χ3n) is 4.63. The van der Waals surface area contributed by atoms with Crippen LogP contribution in [0.5, 0.6) is 0 Å². The van der Waals surface area contributed by atoms with Crippen LogP contribution < -0.4 is 10.6 Å². The quantitative estimate of drug-likeness (QED) is 0.685. The SMILES string of the molecule is CCC(O)CCNC(=O)NCc1ccccc1CN1CCCCC1. The highest BCUT2D eigenvalue weighted by Gasteiger charge is 2.12. The van der Waals surface area contributed by atoms with Crippen LogP contribution in [0.25, 0.3) is 0 Å². The van der Waals surface area contributed by atoms with E-state index in [9.17, 15) is 9.90 Å². The monoisotopic (exact) mass is 333 g/mol. The number of nitrogens with zero attached hydrogens (tertiary/aromatic N) is 1. The first-order chi connectivity index (χ1) is 11.7. The van der Waals surface area contributed by atoms with Crippen molar-refractivity contribution in [2.24, 2.45) is 0 Å². The number of nitrogens with one attached hydrogen (secondary N) is 2. The second-order valence-electron chi connectivity index (χ2n) is 6.57. The van der Waals surface area contributed by atoms with Crippen LogP contribution in [0, 0.1) is 0 Å². The zero-order valence-electron chi connectivity index (χ0n) is 14.8. The van der Waals surface area contributed by atoms with Crippen molar-refractivity contribution in [3.63, 3.8) is 0 Å². The Labute approximate surface area is 145 Å². The van der Waals surface area contributed by atoms with Crippen molar-refractivity contribution in [2.75, 3.05) is 19.6 Å². The van der Waals surface area contributed by atoms with Gasteiger partial charge in [0.15, 0.2) is 0 Å². The highest BCUT2D eigenvalue weighted by atomic mass is 16.3. The summed E-state index contributed by atoms with van der Waals surface area (Å²) in [5.74, 6) is 0. The Morgan fingerprint density at radius 1 is 1.17 bits per heavy atom. The van der Waals surface area contributed by atoms with E-state index in [0.717, 1.165) is 6.54 Å². The lowest BCUT2D eigenvalue weighted by Crippen LogP contribution is -2.37. The number of hydrogen-bond acceptors (Lipinski definition) is 3. The summed E-state index contributed by atoms with van der Waals surface area (Å²) in [5.41, 5.74) is 2.47. The minimum atomic E-state index is -0.337. The minimum Gasteiger partial charge on any atom is -0.393 e. The Morgan fingerprint density at radius 2 is 1.88 bits per heavy atom. The van der Waals surface area contributed by atoms with Gasteiger partial charge in [0.25, 0.3) is 0 Å². The molecule has 0 aliphatic carbocycles. The third-order valence-corrected chi connectivity index (χ3v) is 4.63. The lowest BCUT2D eigenvalue weighted by Gasteiger charge is -2.27. The summed E-state index contributed by atoms with van der Waals surface area (Å²) < 4.78 is 0. The minimum absolute atomic E-state index is 0.175. The van der Waals surface area contributed by atoms with Gasteiger partial charge in [0.2, 0.25) is 0 Å². The normalized spacial score (nSPS) is 16.6. The molecule has 24 heavy (non-hydrogen) atoms. The molecule has 134 valence electrons. The maximum atomic E-state index is 11.9. The van der Waals surface area contributed by atoms with Crippen LogP contribution >= 0.6 is 0 Å². The van der Waals surface area contributed by atoms with Crippen LogP contribution in [0.2, 0.25) is 0 Å². The number of amides is 2. The Morgan fingerprint density at radius 3 is 2.58 bits per heavy atom. The van der Waals surface area contributed by atoms with E-state index in [1.165, 1.54) is 43.5 Å². The maximum Gasteiger partial charge on any atom is 0.315 e. The first kappa shape index (κ1) is 18.7. The van der Waals surface area contributed by atoms with Gasteiger partial charge in [-0.05, 0) is 49.9 Å². The van der Waals surface area contributed by atoms with Gasteiger partial charge in [-0.3, -0.25) is 4.90 Å². The van der Waals surface area contributed by atoms with E-state index in [4.69, 9.17) is 0 Å². The number of aliphatic hydroxyl groups excluding tert-OH is 1. The molecule has 1 fully saturated rings. The highest BCUT2D eigenvalue weighted by Crippen LogP contribution is 2.16. The molecule has 1 aromatic rings. The fourth-order valence-corrected chi connectivity index (χ4v) is 3.04. The van der Waals surface area contributed by atoms with Gasteiger partial charge in [-0.15, -0.1) is 0 Å². The van der Waals surface area contributed by atoms with E-state index in [0.29, 0.717) is 25.9 Å². The lowest BCUT2D eigenvalue weighted by atomic mass is 10.0. The van der Waals surface area contributed by atoms with Crippen LogP contribution in [0.1, 0.15) is 50.2 Å². The van der Waals surface area contributed by atoms with E-state index >= 15 is 0 Å². The molecule has 1 aromatic carbocycles. The second kappa shape index (κ2) is 10.3. The number of carbonyl (C=O) groups excluding carboxylic acids is 1. The van der Waals surface area contributed by atoms with Crippen molar-refractivity contribution in [1.82, 2.24) is 15.5 Å². The molecule has 5 heteroatoms. The summed E-state index contributed by atoms with van der Waals surface area (Å²) in [4.78, 5) is 14.4. The largest absolute Gasteiger partial charge is 0.393 e. The highest BCUT2D eigenvalue weighted by molar-refractivity contribution is 5.73. The molecule has 1 unspecified atom stereocenters. The van der Waals surface area contributed by atoms with Crippen LogP contribution in [0.3, 0.4) is 0 Å². The van der Waals surface area contributed by atoms with Crippen LogP contribution in [0.4, 0.5) is 4.79 Å². The Bertz CT molecular complexity index is 501. The van der Waals surface area contributed by atoms with Crippen LogP contribution in [-0.4, -0.2) is 41.8 Å². The number of rotatable bonds is 8. The first-order valence-electron chi connectivity index (χ1n) is 9.18. The molecule has 0 saturated carbocycles. The van der Waals surface area contributed by atoms with E-state index in [1.54, 1.807) is 0 Å². The van der Waals surface area contributed by atoms with Crippen molar-refractivity contribution < 1.29 is 9.90 Å². The van der Waals surface area contributed by atoms with E-state index in [1.807, 2.05) is 13.0 Å². The zero-order chi connectivity index (χ0) is 17.2. The molecule has 1 aliphatic rings. The van der Waals surface area contributed by atoms with E-state index in [2.05, 4.69) is 33.7 Å². The molecular weight excluding hydrogens is 302 g/mol. The van der Waals surface area contributed by atoms with Crippen molar-refractivity contribution in [2.45, 2.75) is 58.2 Å². The van der Waals surface area contributed by atoms with Gasteiger partial charge < -0.3 is 15.7 Å². The van der Waals surface area contributed by atoms with Gasteiger partial charge in [-0.2, -0.15) is 0 Å². The van der Waals surface area contributed by atoms with Gasteiger partial charge in [0, 0.05) is 19.6 Å². The van der Waals surface area contributed by atoms with Crippen molar-refractivity contribution in [1.29, 1.82) is 0 Å². The molecule has 0 aromatic heterocycles. The van der Waals surface area contributed by atoms with Gasteiger partial charge in [-0.25, -0.2) is 4.79 Å². The zero-order valence-corrected chi connectivity index (χ0v) is 14.8. The predicted octanol–water partition coefficient (Wildman–Crippen LogP) is 2.63. The maximum absolute atomic E-state index is 11.9. The third kappa shape index (κ3) is 6.49. The smallest absolute Gasteiger partial charge is 0.315 e. The predicted molar refractivity (Wildman–Crippen MR) is 96.7 cm³/mol. The lowest BCUT2D eigenvalue weighted by molar-refractivity contribution is 0.160. The summed E-state index contributed by atoms with van der Waals surface area (Å²) in [5, 5.41) is 15.2. The molecule has 1 saturated heterocycles. The fourth-order valence-electron chi connectivity index (χ4n) is 3.04. The molecule has 0 spiro atoms. The van der Waals surface area contributed by atoms with Crippen molar-refractivity contribution >= 4 is 6.03 Å². The number of urea groups is 1. The van der Waals surface area contributed by atoms with Crippen LogP contribution in [-0.2, 0) is 13.1 Å². The number of aliphatic hydroxyl groups is 1. The molecule has 0 radical (unpaired) electrons. The molecule has 5 nitrogen and oxygen atoms in total. The summed E-state index contributed by atoms with van der Waals surface area (Å²) in [7, 11) is 0. The summed E-state index contributed by atoms with van der Waals surface area (Å²) in [6.45, 7) is 6.26. The molecular formula is C19H31N3O2. The van der Waals surface area contributed by atoms with Crippen molar-refractivity contribution in [3.8, 4) is 0 Å². The van der Waals surface area contributed by atoms with Crippen molar-refractivity contribution in [3.05, 3.63) is 35.4 Å². The molecule has 2 rings (SSSR count). The number of hydrogen-bond donors (Lipinski definition) is 3. The number of carbonyl (C=O) groups is 1. The van der Waals surface area contributed by atoms with Crippen LogP contribution in [0.15, 0.2) is 24.3 Å². The molecule has 1 atom stereocenters. The summed E-state index contributed by atoms with van der Waals surface area (Å²) in [6, 6.07) is 8.15. The Hall–Kier alpha value is -1.59. The van der Waals surface area contributed by atoms with Gasteiger partial charge in [-0.1, -0.05) is 37.6 Å². The number of benzene rings is 1. The van der Waals surface area contributed by atoms with E-state index < -0.39 is 0 Å². The second-order valence-corrected chi connectivity index (χ2v) is 6.57. The van der Waals surface area contributed by atoms with E-state index in [-0.39, 0.29) is 12.1 Å². The molecule has 2 amide bonds. The molecule has 1 heterocycles. The Balaban J connectivity index is 1.78. The molecule has 1 aliphatic heterocycles. The summed E-state index contributed by atoms with van der Waals surface area (Å²) in [6.07, 6.45) is 4.88. The number of likely N-dealkylation sites (tertiary alicyclic amines) is 1. The average Bonchev–Trinajstić information content (AvgIpc) is 2.61. The number of piperidine rings is 1. The van der Waals surface area contributed by atoms with Gasteiger partial charge in [0.1, 0.15) is 0 Å². The molecule has 0 bridgehead atoms. The average molecular weight is 333 g/mol. The standard InChI is InChI=1S/C19H31N3O2/c1-2-18(23)10-11-20-19(24)21-14-16-8-4-5-9-17(16)15-22-12-6-3-7-13-22/h4-5,8-9,18,23H,2-3,6-7,10-15H2,1H3,(H2,20,21,24). The van der Waals surface area contributed by atoms with Gasteiger partial charge in [0.05, 0.1) is 6.10 Å². The van der Waals surface area contributed by atoms with Gasteiger partial charge >= 0.3 is 6.03 Å². The first-order valence-corrected chi connectivity index (χ1v) is 9.18. The summed E-state index contributed by atoms with van der Waals surface area (Å²) >= 11 is 0.